The number of aliphatic hydroxyl groups is 1. The highest BCUT2D eigenvalue weighted by Gasteiger charge is 2.43. The van der Waals surface area contributed by atoms with Crippen molar-refractivity contribution >= 4 is 0 Å². The lowest BCUT2D eigenvalue weighted by molar-refractivity contribution is -0.0972. The maximum absolute atomic E-state index is 13.2. The Morgan fingerprint density at radius 3 is 2.85 bits per heavy atom. The number of nitrogens with zero attached hydrogens (tertiary/aromatic N) is 2. The molecule has 1 saturated heterocycles. The molecule has 0 aromatic carbocycles. The Labute approximate surface area is 75.8 Å². The number of likely N-dealkylation sites (N-methyl/N-ethyl adjacent to an activating group) is 1. The molecule has 0 amide bonds. The average molecular weight is 182 g/mol. The zero-order valence-electron chi connectivity index (χ0n) is 7.37. The van der Waals surface area contributed by atoms with Gasteiger partial charge in [-0.1, -0.05) is 0 Å². The van der Waals surface area contributed by atoms with E-state index in [-0.39, 0.29) is 5.69 Å². The van der Waals surface area contributed by atoms with E-state index >= 15 is 0 Å². The fourth-order valence-electron chi connectivity index (χ4n) is 1.72. The number of hydrogen-bond donors (Lipinski definition) is 1. The largest absolute Gasteiger partial charge is 0.381 e. The van der Waals surface area contributed by atoms with Crippen LogP contribution in [0.1, 0.15) is 5.69 Å². The zero-order chi connectivity index (χ0) is 9.47. The van der Waals surface area contributed by atoms with Gasteiger partial charge < -0.3 is 5.11 Å². The van der Waals surface area contributed by atoms with Crippen LogP contribution < -0.4 is 0 Å². The summed E-state index contributed by atoms with van der Waals surface area (Å²) in [4.78, 5) is 5.77. The van der Waals surface area contributed by atoms with E-state index in [4.69, 9.17) is 0 Å². The maximum atomic E-state index is 13.2. The molecule has 0 bridgehead atoms. The SMILES string of the molecule is CN1CC(O)(c2ncccc2F)C1. The van der Waals surface area contributed by atoms with Gasteiger partial charge in [0.25, 0.3) is 0 Å². The maximum Gasteiger partial charge on any atom is 0.147 e. The van der Waals surface area contributed by atoms with Crippen molar-refractivity contribution in [2.24, 2.45) is 0 Å². The van der Waals surface area contributed by atoms with Gasteiger partial charge >= 0.3 is 0 Å². The fourth-order valence-corrected chi connectivity index (χ4v) is 1.72. The van der Waals surface area contributed by atoms with Crippen molar-refractivity contribution in [3.05, 3.63) is 29.8 Å². The first-order valence-electron chi connectivity index (χ1n) is 4.14. The smallest absolute Gasteiger partial charge is 0.147 e. The van der Waals surface area contributed by atoms with E-state index in [1.807, 2.05) is 11.9 Å². The van der Waals surface area contributed by atoms with Gasteiger partial charge in [0.15, 0.2) is 0 Å². The van der Waals surface area contributed by atoms with Crippen LogP contribution in [0.15, 0.2) is 18.3 Å². The lowest BCUT2D eigenvalue weighted by Crippen LogP contribution is -2.58. The third-order valence-corrected chi connectivity index (χ3v) is 2.26. The van der Waals surface area contributed by atoms with Gasteiger partial charge in [-0.25, -0.2) is 4.39 Å². The van der Waals surface area contributed by atoms with E-state index in [9.17, 15) is 9.50 Å². The molecule has 70 valence electrons. The second-order valence-electron chi connectivity index (χ2n) is 3.54. The normalized spacial score (nSPS) is 21.2. The first-order chi connectivity index (χ1) is 6.12. The predicted octanol–water partition coefficient (Wildman–Crippen LogP) is 0.354. The van der Waals surface area contributed by atoms with Gasteiger partial charge in [0, 0.05) is 19.3 Å². The van der Waals surface area contributed by atoms with Crippen molar-refractivity contribution in [2.45, 2.75) is 5.60 Å². The van der Waals surface area contributed by atoms with E-state index in [1.165, 1.54) is 18.3 Å². The van der Waals surface area contributed by atoms with Crippen molar-refractivity contribution < 1.29 is 9.50 Å². The minimum Gasteiger partial charge on any atom is -0.381 e. The summed E-state index contributed by atoms with van der Waals surface area (Å²) in [5.41, 5.74) is -0.923. The van der Waals surface area contributed by atoms with Crippen LogP contribution in [0.3, 0.4) is 0 Å². The summed E-state index contributed by atoms with van der Waals surface area (Å²) in [6, 6.07) is 2.84. The van der Waals surface area contributed by atoms with E-state index < -0.39 is 11.4 Å². The van der Waals surface area contributed by atoms with E-state index in [0.717, 1.165) is 0 Å². The Bertz CT molecular complexity index is 323. The van der Waals surface area contributed by atoms with E-state index in [0.29, 0.717) is 13.1 Å². The molecule has 1 fully saturated rings. The number of hydrogen-bond acceptors (Lipinski definition) is 3. The molecule has 2 rings (SSSR count). The van der Waals surface area contributed by atoms with E-state index in [2.05, 4.69) is 4.98 Å². The average Bonchev–Trinajstić information content (AvgIpc) is 2.02. The number of pyridine rings is 1. The summed E-state index contributed by atoms with van der Waals surface area (Å²) in [6.07, 6.45) is 1.49. The van der Waals surface area contributed by atoms with Gasteiger partial charge in [-0.2, -0.15) is 0 Å². The van der Waals surface area contributed by atoms with Gasteiger partial charge in [-0.3, -0.25) is 9.88 Å². The van der Waals surface area contributed by atoms with Crippen LogP contribution in [-0.2, 0) is 5.60 Å². The highest BCUT2D eigenvalue weighted by Crippen LogP contribution is 2.30. The number of likely N-dealkylation sites (tertiary alicyclic amines) is 1. The zero-order valence-corrected chi connectivity index (χ0v) is 7.37. The van der Waals surface area contributed by atoms with Crippen molar-refractivity contribution in [1.29, 1.82) is 0 Å². The molecule has 0 spiro atoms. The van der Waals surface area contributed by atoms with Gasteiger partial charge in [-0.15, -0.1) is 0 Å². The van der Waals surface area contributed by atoms with Crippen LogP contribution >= 0.6 is 0 Å². The summed E-state index contributed by atoms with van der Waals surface area (Å²) >= 11 is 0. The number of β-amino-alcohol motifs (C(OH)–C–C–N with tert-alkyl or cyclic N) is 1. The van der Waals surface area contributed by atoms with Crippen LogP contribution in [-0.4, -0.2) is 35.1 Å². The quantitative estimate of drug-likeness (QED) is 0.681. The second kappa shape index (κ2) is 2.75. The minimum absolute atomic E-state index is 0.160. The van der Waals surface area contributed by atoms with Gasteiger partial charge in [0.05, 0.1) is 0 Å². The lowest BCUT2D eigenvalue weighted by atomic mass is 9.90. The molecule has 0 atom stereocenters. The third-order valence-electron chi connectivity index (χ3n) is 2.26. The molecule has 0 radical (unpaired) electrons. The summed E-state index contributed by atoms with van der Waals surface area (Å²) < 4.78 is 13.2. The molecule has 13 heavy (non-hydrogen) atoms. The lowest BCUT2D eigenvalue weighted by Gasteiger charge is -2.43. The third kappa shape index (κ3) is 1.32. The Morgan fingerprint density at radius 1 is 1.62 bits per heavy atom. The molecule has 1 aromatic rings. The predicted molar refractivity (Wildman–Crippen MR) is 45.6 cm³/mol. The molecular weight excluding hydrogens is 171 g/mol. The molecule has 1 aromatic heterocycles. The monoisotopic (exact) mass is 182 g/mol. The molecule has 0 unspecified atom stereocenters. The number of aromatic nitrogens is 1. The van der Waals surface area contributed by atoms with Gasteiger partial charge in [-0.05, 0) is 19.2 Å². The topological polar surface area (TPSA) is 36.4 Å². The highest BCUT2D eigenvalue weighted by atomic mass is 19.1. The molecule has 1 aliphatic heterocycles. The molecule has 2 heterocycles. The Morgan fingerprint density at radius 2 is 2.31 bits per heavy atom. The first-order valence-corrected chi connectivity index (χ1v) is 4.14. The number of halogens is 1. The van der Waals surface area contributed by atoms with Gasteiger partial charge in [0.2, 0.25) is 0 Å². The summed E-state index contributed by atoms with van der Waals surface area (Å²) in [5, 5.41) is 9.89. The van der Waals surface area contributed by atoms with Crippen molar-refractivity contribution in [2.75, 3.05) is 20.1 Å². The van der Waals surface area contributed by atoms with Crippen LogP contribution in [0.5, 0.6) is 0 Å². The summed E-state index contributed by atoms with van der Waals surface area (Å²) in [6.45, 7) is 0.891. The van der Waals surface area contributed by atoms with E-state index in [1.54, 1.807) is 0 Å². The Balaban J connectivity index is 2.31. The molecule has 1 aliphatic rings. The summed E-state index contributed by atoms with van der Waals surface area (Å²) in [7, 11) is 1.87. The van der Waals surface area contributed by atoms with Crippen molar-refractivity contribution in [1.82, 2.24) is 9.88 Å². The Hall–Kier alpha value is -1.00. The molecule has 4 heteroatoms. The Kier molecular flexibility index (Phi) is 1.82. The fraction of sp³-hybridized carbons (Fsp3) is 0.444. The van der Waals surface area contributed by atoms with Crippen molar-refractivity contribution in [3.63, 3.8) is 0 Å². The molecular formula is C9H11FN2O. The van der Waals surface area contributed by atoms with Gasteiger partial charge in [0.1, 0.15) is 17.1 Å². The van der Waals surface area contributed by atoms with Crippen molar-refractivity contribution in [3.8, 4) is 0 Å². The van der Waals surface area contributed by atoms with Crippen LogP contribution in [0.25, 0.3) is 0 Å². The standard InChI is InChI=1S/C9H11FN2O/c1-12-5-9(13,6-12)8-7(10)3-2-4-11-8/h2-4,13H,5-6H2,1H3. The molecule has 0 saturated carbocycles. The van der Waals surface area contributed by atoms with Crippen LogP contribution in [0, 0.1) is 5.82 Å². The molecule has 0 aliphatic carbocycles. The minimum atomic E-state index is -1.08. The van der Waals surface area contributed by atoms with Crippen LogP contribution in [0.2, 0.25) is 0 Å². The summed E-state index contributed by atoms with van der Waals surface area (Å²) in [5.74, 6) is -0.432. The number of rotatable bonds is 1. The highest BCUT2D eigenvalue weighted by molar-refractivity contribution is 5.19. The first kappa shape index (κ1) is 8.59. The second-order valence-corrected chi connectivity index (χ2v) is 3.54. The van der Waals surface area contributed by atoms with Crippen LogP contribution in [0.4, 0.5) is 4.39 Å². The molecule has 1 N–H and O–H groups in total. The molecule has 3 nitrogen and oxygen atoms in total.